The minimum Gasteiger partial charge on any atom is -0.348 e. The van der Waals surface area contributed by atoms with Crippen molar-refractivity contribution in [3.63, 3.8) is 0 Å². The van der Waals surface area contributed by atoms with E-state index in [1.165, 1.54) is 11.3 Å². The summed E-state index contributed by atoms with van der Waals surface area (Å²) in [6, 6.07) is 6.68. The van der Waals surface area contributed by atoms with Gasteiger partial charge in [0.1, 0.15) is 10.6 Å². The third kappa shape index (κ3) is 3.28. The van der Waals surface area contributed by atoms with Crippen LogP contribution in [0.5, 0.6) is 0 Å². The number of rotatable bonds is 4. The Labute approximate surface area is 169 Å². The van der Waals surface area contributed by atoms with Crippen molar-refractivity contribution in [2.45, 2.75) is 13.5 Å². The fourth-order valence-corrected chi connectivity index (χ4v) is 3.56. The molecule has 4 aromatic rings. The van der Waals surface area contributed by atoms with Crippen molar-refractivity contribution in [3.05, 3.63) is 70.3 Å². The highest BCUT2D eigenvalue weighted by Gasteiger charge is 2.29. The van der Waals surface area contributed by atoms with Gasteiger partial charge in [0.15, 0.2) is 29.1 Å². The first kappa shape index (κ1) is 19.9. The Morgan fingerprint density at radius 2 is 1.57 bits per heavy atom. The molecule has 30 heavy (non-hydrogen) atoms. The predicted molar refractivity (Wildman–Crippen MR) is 96.2 cm³/mol. The molecule has 12 heteroatoms. The molecule has 0 saturated carbocycles. The van der Waals surface area contributed by atoms with Crippen molar-refractivity contribution in [2.75, 3.05) is 0 Å². The molecule has 0 atom stereocenters. The van der Waals surface area contributed by atoms with Crippen LogP contribution in [0.1, 0.15) is 21.7 Å². The number of benzene rings is 2. The predicted octanol–water partition coefficient (Wildman–Crippen LogP) is 3.79. The quantitative estimate of drug-likeness (QED) is 0.298. The lowest BCUT2D eigenvalue weighted by Gasteiger charge is -2.09. The zero-order chi connectivity index (χ0) is 21.6. The number of nitrogens with zero attached hydrogens (tertiary/aromatic N) is 4. The number of aromatic nitrogens is 4. The maximum Gasteiger partial charge on any atom is 0.257 e. The summed E-state index contributed by atoms with van der Waals surface area (Å²) in [6.45, 7) is 1.57. The average Bonchev–Trinajstić information content (AvgIpc) is 3.32. The van der Waals surface area contributed by atoms with Gasteiger partial charge in [-0.05, 0) is 12.5 Å². The van der Waals surface area contributed by atoms with Crippen LogP contribution in [0.3, 0.4) is 0 Å². The molecule has 0 aliphatic heterocycles. The van der Waals surface area contributed by atoms with Gasteiger partial charge in [-0.2, -0.15) is 9.61 Å². The average molecular weight is 439 g/mol. The van der Waals surface area contributed by atoms with Gasteiger partial charge in [-0.25, -0.2) is 22.0 Å². The number of amides is 1. The van der Waals surface area contributed by atoms with E-state index in [1.807, 2.05) is 0 Å². The van der Waals surface area contributed by atoms with E-state index < -0.39 is 40.6 Å². The Kier molecular flexibility index (Phi) is 4.94. The van der Waals surface area contributed by atoms with E-state index >= 15 is 0 Å². The van der Waals surface area contributed by atoms with E-state index in [0.717, 1.165) is 5.56 Å². The number of hydrogen-bond donors (Lipinski definition) is 1. The highest BCUT2D eigenvalue weighted by Crippen LogP contribution is 2.26. The van der Waals surface area contributed by atoms with E-state index in [-0.39, 0.29) is 6.54 Å². The second-order valence-electron chi connectivity index (χ2n) is 6.17. The minimum absolute atomic E-state index is 0.192. The second kappa shape index (κ2) is 7.44. The molecule has 0 aliphatic carbocycles. The zero-order valence-corrected chi connectivity index (χ0v) is 15.8. The van der Waals surface area contributed by atoms with Crippen LogP contribution < -0.4 is 5.32 Å². The summed E-state index contributed by atoms with van der Waals surface area (Å²) in [5, 5.41) is 15.1. The van der Waals surface area contributed by atoms with Gasteiger partial charge in [0.25, 0.3) is 5.91 Å². The smallest absolute Gasteiger partial charge is 0.257 e. The second-order valence-corrected chi connectivity index (χ2v) is 7.13. The molecule has 0 aliphatic rings. The van der Waals surface area contributed by atoms with Crippen molar-refractivity contribution in [2.24, 2.45) is 0 Å². The third-order valence-electron chi connectivity index (χ3n) is 4.24. The van der Waals surface area contributed by atoms with Crippen molar-refractivity contribution < 1.29 is 26.7 Å². The Morgan fingerprint density at radius 1 is 0.967 bits per heavy atom. The molecule has 6 nitrogen and oxygen atoms in total. The number of carbonyl (C=O) groups excluding carboxylic acids is 1. The summed E-state index contributed by atoms with van der Waals surface area (Å²) < 4.78 is 68.6. The fraction of sp³-hybridized carbons (Fsp3) is 0.111. The highest BCUT2D eigenvalue weighted by atomic mass is 32.1. The van der Waals surface area contributed by atoms with E-state index in [4.69, 9.17) is 0 Å². The number of halogens is 5. The SMILES string of the molecule is Cc1nnc2sc(-c3ccc(CNC(=O)c4c(F)c(F)c(F)c(F)c4F)cc3)nn12. The molecule has 0 fully saturated rings. The van der Waals surface area contributed by atoms with Gasteiger partial charge < -0.3 is 5.32 Å². The van der Waals surface area contributed by atoms with Crippen LogP contribution in [0, 0.1) is 36.0 Å². The third-order valence-corrected chi connectivity index (χ3v) is 5.19. The fourth-order valence-electron chi connectivity index (χ4n) is 2.67. The number of fused-ring (bicyclic) bond motifs is 1. The molecule has 1 N–H and O–H groups in total. The topological polar surface area (TPSA) is 72.2 Å². The standard InChI is InChI=1S/C18H10F5N5OS/c1-7-25-26-18-28(7)27-17(30-18)9-4-2-8(3-5-9)6-24-16(29)10-11(19)13(21)15(23)14(22)12(10)20/h2-5H,6H2,1H3,(H,24,29). The minimum atomic E-state index is -2.32. The van der Waals surface area contributed by atoms with Gasteiger partial charge in [0.05, 0.1) is 0 Å². The normalized spacial score (nSPS) is 11.3. The summed E-state index contributed by atoms with van der Waals surface area (Å²) in [5.74, 6) is -11.8. The molecular weight excluding hydrogens is 429 g/mol. The van der Waals surface area contributed by atoms with Crippen LogP contribution in [0.15, 0.2) is 24.3 Å². The van der Waals surface area contributed by atoms with E-state index in [2.05, 4.69) is 20.6 Å². The maximum absolute atomic E-state index is 13.7. The maximum atomic E-state index is 13.7. The number of carbonyl (C=O) groups is 1. The van der Waals surface area contributed by atoms with E-state index in [0.29, 0.717) is 21.4 Å². The van der Waals surface area contributed by atoms with Crippen LogP contribution in [0.2, 0.25) is 0 Å². The monoisotopic (exact) mass is 439 g/mol. The summed E-state index contributed by atoms with van der Waals surface area (Å²) in [4.78, 5) is 12.6. The Bertz CT molecular complexity index is 1260. The zero-order valence-electron chi connectivity index (χ0n) is 15.0. The lowest BCUT2D eigenvalue weighted by atomic mass is 10.1. The molecule has 0 unspecified atom stereocenters. The first-order valence-electron chi connectivity index (χ1n) is 8.35. The molecule has 0 spiro atoms. The number of nitrogens with one attached hydrogen (secondary N) is 1. The number of hydrogen-bond acceptors (Lipinski definition) is 5. The van der Waals surface area contributed by atoms with Gasteiger partial charge in [-0.1, -0.05) is 35.6 Å². The first-order valence-corrected chi connectivity index (χ1v) is 9.17. The van der Waals surface area contributed by atoms with Crippen molar-refractivity contribution in [1.82, 2.24) is 25.1 Å². The summed E-state index contributed by atoms with van der Waals surface area (Å²) in [5.41, 5.74) is -0.229. The van der Waals surface area contributed by atoms with Gasteiger partial charge in [-0.15, -0.1) is 10.2 Å². The molecule has 1 amide bonds. The number of aryl methyl sites for hydroxylation is 1. The molecule has 4 rings (SSSR count). The summed E-state index contributed by atoms with van der Waals surface area (Å²) in [6.07, 6.45) is 0. The lowest BCUT2D eigenvalue weighted by molar-refractivity contribution is 0.0939. The molecule has 2 aromatic heterocycles. The van der Waals surface area contributed by atoms with Gasteiger partial charge in [-0.3, -0.25) is 4.79 Å². The van der Waals surface area contributed by atoms with Crippen LogP contribution in [-0.2, 0) is 6.54 Å². The molecular formula is C18H10F5N5OS. The van der Waals surface area contributed by atoms with E-state index in [9.17, 15) is 26.7 Å². The van der Waals surface area contributed by atoms with Crippen molar-refractivity contribution in [1.29, 1.82) is 0 Å². The lowest BCUT2D eigenvalue weighted by Crippen LogP contribution is -2.26. The molecule has 2 aromatic carbocycles. The van der Waals surface area contributed by atoms with Crippen LogP contribution >= 0.6 is 11.3 Å². The van der Waals surface area contributed by atoms with E-state index in [1.54, 1.807) is 35.7 Å². The van der Waals surface area contributed by atoms with Gasteiger partial charge >= 0.3 is 0 Å². The molecule has 154 valence electrons. The summed E-state index contributed by atoms with van der Waals surface area (Å²) >= 11 is 1.32. The molecule has 2 heterocycles. The van der Waals surface area contributed by atoms with Crippen molar-refractivity contribution in [3.8, 4) is 10.6 Å². The van der Waals surface area contributed by atoms with Crippen molar-refractivity contribution >= 4 is 22.2 Å². The van der Waals surface area contributed by atoms with Crippen LogP contribution in [-0.4, -0.2) is 25.7 Å². The van der Waals surface area contributed by atoms with Gasteiger partial charge in [0.2, 0.25) is 10.8 Å². The Balaban J connectivity index is 1.50. The Hall–Kier alpha value is -3.41. The van der Waals surface area contributed by atoms with Crippen LogP contribution in [0.25, 0.3) is 15.5 Å². The first-order chi connectivity index (χ1) is 14.3. The molecule has 0 radical (unpaired) electrons. The highest BCUT2D eigenvalue weighted by molar-refractivity contribution is 7.19. The molecule has 0 bridgehead atoms. The van der Waals surface area contributed by atoms with Gasteiger partial charge in [0, 0.05) is 12.1 Å². The van der Waals surface area contributed by atoms with Crippen LogP contribution in [0.4, 0.5) is 22.0 Å². The summed E-state index contributed by atoms with van der Waals surface area (Å²) in [7, 11) is 0. The Morgan fingerprint density at radius 3 is 2.17 bits per heavy atom. The largest absolute Gasteiger partial charge is 0.348 e. The molecule has 0 saturated heterocycles.